The normalized spacial score (nSPS) is 17.7. The van der Waals surface area contributed by atoms with Gasteiger partial charge < -0.3 is 19.9 Å². The van der Waals surface area contributed by atoms with Crippen LogP contribution in [0.4, 0.5) is 13.2 Å². The Hall–Kier alpha value is -3.56. The summed E-state index contributed by atoms with van der Waals surface area (Å²) in [6.07, 6.45) is 3.62. The maximum Gasteiger partial charge on any atom is 0.274 e. The zero-order chi connectivity index (χ0) is 22.4. The lowest BCUT2D eigenvalue weighted by molar-refractivity contribution is 0.0687. The van der Waals surface area contributed by atoms with Gasteiger partial charge in [-0.05, 0) is 13.3 Å². The number of rotatable bonds is 3. The van der Waals surface area contributed by atoms with Crippen molar-refractivity contribution < 1.29 is 27.9 Å². The molecule has 0 unspecified atom stereocenters. The molecular weight excluding hydrogens is 415 g/mol. The average molecular weight is 433 g/mol. The molecule has 0 fully saturated rings. The number of carbonyl (C=O) groups excluding carboxylic acids is 2. The van der Waals surface area contributed by atoms with Crippen LogP contribution in [0.1, 0.15) is 45.8 Å². The molecule has 1 atom stereocenters. The molecule has 2 N–H and O–H groups in total. The fourth-order valence-corrected chi connectivity index (χ4v) is 3.90. The summed E-state index contributed by atoms with van der Waals surface area (Å²) in [5.74, 6) is -5.85. The fraction of sp³-hybridized carbons (Fsp3) is 0.286. The van der Waals surface area contributed by atoms with Crippen molar-refractivity contribution in [3.8, 4) is 5.75 Å². The molecule has 0 aliphatic carbocycles. The summed E-state index contributed by atoms with van der Waals surface area (Å²) in [5, 5.41) is 12.6. The van der Waals surface area contributed by atoms with E-state index in [2.05, 4.69) is 5.32 Å². The van der Waals surface area contributed by atoms with Crippen LogP contribution in [-0.4, -0.2) is 39.5 Å². The van der Waals surface area contributed by atoms with Gasteiger partial charge in [0.25, 0.3) is 11.8 Å². The zero-order valence-corrected chi connectivity index (χ0v) is 16.4. The molecule has 2 amide bonds. The van der Waals surface area contributed by atoms with E-state index in [0.717, 1.165) is 5.57 Å². The highest BCUT2D eigenvalue weighted by atomic mass is 19.1. The summed E-state index contributed by atoms with van der Waals surface area (Å²) in [4.78, 5) is 39.4. The van der Waals surface area contributed by atoms with Gasteiger partial charge in [0.05, 0.1) is 6.04 Å². The molecule has 1 aromatic heterocycles. The molecule has 2 bridgehead atoms. The number of amides is 2. The Bertz CT molecular complexity index is 1180. The monoisotopic (exact) mass is 433 g/mol. The molecule has 31 heavy (non-hydrogen) atoms. The van der Waals surface area contributed by atoms with Crippen molar-refractivity contribution in [1.29, 1.82) is 0 Å². The van der Waals surface area contributed by atoms with E-state index in [-0.39, 0.29) is 11.7 Å². The zero-order valence-electron chi connectivity index (χ0n) is 16.4. The molecule has 0 saturated heterocycles. The summed E-state index contributed by atoms with van der Waals surface area (Å²) in [6, 6.07) is 0.656. The van der Waals surface area contributed by atoms with Crippen molar-refractivity contribution in [2.24, 2.45) is 0 Å². The van der Waals surface area contributed by atoms with Crippen molar-refractivity contribution in [3.05, 3.63) is 74.5 Å². The third kappa shape index (κ3) is 3.58. The standard InChI is InChI=1S/C21H18F3N3O4/c1-10-2-3-26-8-12(4-10)27-9-14(18(28)19(29)17(27)21(26)31)20(30)25-7-13-15(23)5-11(22)6-16(13)24/h2,5-6,9,12,29H,3-4,7-8H2,1H3,(H,25,30)/t12-/m0/s1. The number of aromatic hydroxyl groups is 1. The van der Waals surface area contributed by atoms with E-state index in [9.17, 15) is 32.7 Å². The van der Waals surface area contributed by atoms with Crippen LogP contribution in [0.2, 0.25) is 0 Å². The van der Waals surface area contributed by atoms with E-state index < -0.39 is 58.1 Å². The van der Waals surface area contributed by atoms with E-state index in [4.69, 9.17) is 0 Å². The number of carbonyl (C=O) groups is 2. The maximum absolute atomic E-state index is 13.8. The smallest absolute Gasteiger partial charge is 0.274 e. The molecule has 0 saturated carbocycles. The molecule has 0 radical (unpaired) electrons. The molecule has 162 valence electrons. The second-order valence-electron chi connectivity index (χ2n) is 7.63. The number of hydrogen-bond donors (Lipinski definition) is 2. The summed E-state index contributed by atoms with van der Waals surface area (Å²) >= 11 is 0. The summed E-state index contributed by atoms with van der Waals surface area (Å²) < 4.78 is 42.1. The number of nitrogens with zero attached hydrogens (tertiary/aromatic N) is 2. The number of halogens is 3. The first-order valence-electron chi connectivity index (χ1n) is 9.52. The van der Waals surface area contributed by atoms with Crippen LogP contribution >= 0.6 is 0 Å². The third-order valence-electron chi connectivity index (χ3n) is 5.52. The highest BCUT2D eigenvalue weighted by molar-refractivity contribution is 5.99. The number of benzene rings is 1. The molecule has 10 heteroatoms. The molecule has 2 aliphatic heterocycles. The second kappa shape index (κ2) is 7.60. The Morgan fingerprint density at radius 2 is 1.90 bits per heavy atom. The quantitative estimate of drug-likeness (QED) is 0.727. The Kier molecular flexibility index (Phi) is 5.08. The molecular formula is C21H18F3N3O4. The minimum atomic E-state index is -1.19. The highest BCUT2D eigenvalue weighted by Gasteiger charge is 2.36. The van der Waals surface area contributed by atoms with Crippen molar-refractivity contribution in [2.45, 2.75) is 25.9 Å². The van der Waals surface area contributed by atoms with Gasteiger partial charge in [0.1, 0.15) is 23.0 Å². The summed E-state index contributed by atoms with van der Waals surface area (Å²) in [6.45, 7) is 1.95. The van der Waals surface area contributed by atoms with Gasteiger partial charge in [-0.15, -0.1) is 0 Å². The van der Waals surface area contributed by atoms with Crippen molar-refractivity contribution >= 4 is 11.8 Å². The van der Waals surface area contributed by atoms with E-state index in [1.54, 1.807) is 0 Å². The van der Waals surface area contributed by atoms with Gasteiger partial charge in [0.15, 0.2) is 11.4 Å². The van der Waals surface area contributed by atoms with Crippen LogP contribution in [0.3, 0.4) is 0 Å². The van der Waals surface area contributed by atoms with Crippen LogP contribution in [0.5, 0.6) is 5.75 Å². The number of fused-ring (bicyclic) bond motifs is 4. The van der Waals surface area contributed by atoms with Crippen LogP contribution in [0, 0.1) is 17.5 Å². The second-order valence-corrected chi connectivity index (χ2v) is 7.63. The van der Waals surface area contributed by atoms with Gasteiger partial charge in [-0.3, -0.25) is 14.4 Å². The number of nitrogens with one attached hydrogen (secondary N) is 1. The molecule has 1 aromatic carbocycles. The van der Waals surface area contributed by atoms with Crippen molar-refractivity contribution in [3.63, 3.8) is 0 Å². The predicted molar refractivity (Wildman–Crippen MR) is 103 cm³/mol. The van der Waals surface area contributed by atoms with Gasteiger partial charge in [0, 0.05) is 43.5 Å². The topological polar surface area (TPSA) is 91.6 Å². The van der Waals surface area contributed by atoms with Gasteiger partial charge >= 0.3 is 0 Å². The van der Waals surface area contributed by atoms with Gasteiger partial charge in [-0.1, -0.05) is 11.6 Å². The Morgan fingerprint density at radius 1 is 1.23 bits per heavy atom. The molecule has 2 aromatic rings. The van der Waals surface area contributed by atoms with Gasteiger partial charge in [0.2, 0.25) is 5.43 Å². The van der Waals surface area contributed by atoms with Crippen molar-refractivity contribution in [1.82, 2.24) is 14.8 Å². The van der Waals surface area contributed by atoms with Crippen molar-refractivity contribution in [2.75, 3.05) is 13.1 Å². The lowest BCUT2D eigenvalue weighted by atomic mass is 10.0. The van der Waals surface area contributed by atoms with Crippen LogP contribution in [0.15, 0.2) is 34.8 Å². The predicted octanol–water partition coefficient (Wildman–Crippen LogP) is 2.25. The van der Waals surface area contributed by atoms with E-state index in [1.165, 1.54) is 15.7 Å². The highest BCUT2D eigenvalue weighted by Crippen LogP contribution is 2.32. The van der Waals surface area contributed by atoms with Crippen LogP contribution < -0.4 is 10.7 Å². The van der Waals surface area contributed by atoms with E-state index >= 15 is 0 Å². The molecule has 0 spiro atoms. The van der Waals surface area contributed by atoms with Crippen LogP contribution in [-0.2, 0) is 6.54 Å². The number of aromatic nitrogens is 1. The molecule has 3 heterocycles. The lowest BCUT2D eigenvalue weighted by Crippen LogP contribution is -2.44. The van der Waals surface area contributed by atoms with Gasteiger partial charge in [-0.2, -0.15) is 0 Å². The fourth-order valence-electron chi connectivity index (χ4n) is 3.90. The van der Waals surface area contributed by atoms with E-state index in [1.807, 2.05) is 13.0 Å². The van der Waals surface area contributed by atoms with Gasteiger partial charge in [-0.25, -0.2) is 13.2 Å². The first-order valence-corrected chi connectivity index (χ1v) is 9.52. The first kappa shape index (κ1) is 20.7. The number of allylic oxidation sites excluding steroid dienone is 1. The largest absolute Gasteiger partial charge is 0.503 e. The average Bonchev–Trinajstić information content (AvgIpc) is 2.87. The van der Waals surface area contributed by atoms with E-state index in [0.29, 0.717) is 31.6 Å². The Balaban J connectivity index is 1.68. The molecule has 7 nitrogen and oxygen atoms in total. The lowest BCUT2D eigenvalue weighted by Gasteiger charge is -2.34. The Morgan fingerprint density at radius 3 is 2.58 bits per heavy atom. The first-order chi connectivity index (χ1) is 14.7. The minimum absolute atomic E-state index is 0.198. The molecule has 2 aliphatic rings. The molecule has 4 rings (SSSR count). The number of pyridine rings is 1. The summed E-state index contributed by atoms with van der Waals surface area (Å²) in [5.41, 5.74) is -1.30. The maximum atomic E-state index is 13.8. The Labute approximate surface area is 174 Å². The summed E-state index contributed by atoms with van der Waals surface area (Å²) in [7, 11) is 0. The SMILES string of the molecule is CC1=CCN2C[C@H](C1)n1cc(C(=O)NCc3c(F)cc(F)cc3F)c(=O)c(O)c1C2=O. The minimum Gasteiger partial charge on any atom is -0.503 e. The van der Waals surface area contributed by atoms with Crippen LogP contribution in [0.25, 0.3) is 0 Å². The number of hydrogen-bond acceptors (Lipinski definition) is 4. The third-order valence-corrected chi connectivity index (χ3v) is 5.52.